The van der Waals surface area contributed by atoms with Gasteiger partial charge in [0.1, 0.15) is 10.7 Å². The lowest BCUT2D eigenvalue weighted by Gasteiger charge is -2.07. The third-order valence-corrected chi connectivity index (χ3v) is 5.68. The molecule has 0 aliphatic heterocycles. The van der Waals surface area contributed by atoms with Gasteiger partial charge < -0.3 is 9.15 Å². The number of esters is 1. The van der Waals surface area contributed by atoms with Crippen molar-refractivity contribution in [3.8, 4) is 0 Å². The highest BCUT2D eigenvalue weighted by Gasteiger charge is 2.29. The molecule has 144 valence electrons. The highest BCUT2D eigenvalue weighted by atomic mass is 32.2. The Morgan fingerprint density at radius 2 is 1.68 bits per heavy atom. The van der Waals surface area contributed by atoms with Crippen LogP contribution >= 0.6 is 0 Å². The molecule has 0 radical (unpaired) electrons. The van der Waals surface area contributed by atoms with Crippen LogP contribution in [0.25, 0.3) is 11.0 Å². The number of hydrogen-bond donors (Lipinski definition) is 0. The lowest BCUT2D eigenvalue weighted by molar-refractivity contribution is 0.0518. The van der Waals surface area contributed by atoms with Crippen LogP contribution in [0.4, 0.5) is 0 Å². The lowest BCUT2D eigenvalue weighted by Crippen LogP contribution is -2.08. The number of aromatic nitrogens is 1. The number of rotatable bonds is 6. The van der Waals surface area contributed by atoms with Crippen LogP contribution < -0.4 is 0 Å². The molecule has 3 aromatic rings. The molecule has 0 atom stereocenters. The summed E-state index contributed by atoms with van der Waals surface area (Å²) in [6, 6.07) is 16.9. The van der Waals surface area contributed by atoms with E-state index in [9.17, 15) is 13.2 Å². The predicted molar refractivity (Wildman–Crippen MR) is 105 cm³/mol. The highest BCUT2D eigenvalue weighted by Crippen LogP contribution is 2.30. The molecule has 0 saturated heterocycles. The Kier molecular flexibility index (Phi) is 5.75. The summed E-state index contributed by atoms with van der Waals surface area (Å²) < 4.78 is 37.1. The van der Waals surface area contributed by atoms with Gasteiger partial charge in [-0.15, -0.1) is 0 Å². The molecule has 0 spiro atoms. The molecule has 0 aliphatic carbocycles. The minimum Gasteiger partial charge on any atom is -0.461 e. The number of carbonyl (C=O) groups excluding carboxylic acids is 1. The average Bonchev–Trinajstić information content (AvgIpc) is 3.09. The van der Waals surface area contributed by atoms with E-state index in [1.165, 1.54) is 25.1 Å². The van der Waals surface area contributed by atoms with E-state index in [4.69, 9.17) is 9.15 Å². The van der Waals surface area contributed by atoms with Crippen molar-refractivity contribution in [3.05, 3.63) is 83.6 Å². The Bertz CT molecular complexity index is 1100. The number of aryl methyl sites for hydroxylation is 1. The van der Waals surface area contributed by atoms with E-state index in [0.29, 0.717) is 5.56 Å². The number of oxazole rings is 1. The Balaban J connectivity index is 2.17. The van der Waals surface area contributed by atoms with Gasteiger partial charge in [0.15, 0.2) is 5.69 Å². The van der Waals surface area contributed by atoms with Crippen molar-refractivity contribution in [3.63, 3.8) is 0 Å². The van der Waals surface area contributed by atoms with E-state index >= 15 is 0 Å². The van der Waals surface area contributed by atoms with Crippen molar-refractivity contribution in [2.24, 2.45) is 0 Å². The van der Waals surface area contributed by atoms with Gasteiger partial charge in [0.05, 0.1) is 11.5 Å². The average molecular weight is 397 g/mol. The van der Waals surface area contributed by atoms with Crippen molar-refractivity contribution < 1.29 is 22.4 Å². The predicted octanol–water partition coefficient (Wildman–Crippen LogP) is 4.13. The fraction of sp³-hybridized carbons (Fsp3) is 0.143. The molecule has 1 aromatic heterocycles. The quantitative estimate of drug-likeness (QED) is 0.581. The van der Waals surface area contributed by atoms with Crippen LogP contribution in [0.5, 0.6) is 0 Å². The summed E-state index contributed by atoms with van der Waals surface area (Å²) >= 11 is 0. The molecule has 7 heteroatoms. The summed E-state index contributed by atoms with van der Waals surface area (Å²) in [6.45, 7) is 3.39. The fourth-order valence-corrected chi connectivity index (χ4v) is 3.95. The van der Waals surface area contributed by atoms with Gasteiger partial charge >= 0.3 is 5.97 Å². The van der Waals surface area contributed by atoms with E-state index < -0.39 is 15.8 Å². The van der Waals surface area contributed by atoms with Gasteiger partial charge in [-0.3, -0.25) is 0 Å². The molecule has 0 fully saturated rings. The topological polar surface area (TPSA) is 86.5 Å². The van der Waals surface area contributed by atoms with Crippen LogP contribution in [-0.4, -0.2) is 26.0 Å². The lowest BCUT2D eigenvalue weighted by atomic mass is 10.2. The Morgan fingerprint density at radius 3 is 2.29 bits per heavy atom. The summed E-state index contributed by atoms with van der Waals surface area (Å²) in [5.74, 6) is -0.630. The van der Waals surface area contributed by atoms with E-state index in [1.54, 1.807) is 49.4 Å². The van der Waals surface area contributed by atoms with E-state index in [-0.39, 0.29) is 33.8 Å². The van der Waals surface area contributed by atoms with E-state index in [1.807, 2.05) is 6.07 Å². The van der Waals surface area contributed by atoms with Crippen LogP contribution in [-0.2, 0) is 14.6 Å². The van der Waals surface area contributed by atoms with Gasteiger partial charge in [-0.05, 0) is 37.6 Å². The van der Waals surface area contributed by atoms with Crippen molar-refractivity contribution in [1.82, 2.24) is 4.98 Å². The largest absolute Gasteiger partial charge is 0.461 e. The van der Waals surface area contributed by atoms with Crippen LogP contribution in [0, 0.1) is 6.92 Å². The fourth-order valence-electron chi connectivity index (χ4n) is 2.57. The van der Waals surface area contributed by atoms with Gasteiger partial charge in [0, 0.05) is 0 Å². The first-order chi connectivity index (χ1) is 13.4. The van der Waals surface area contributed by atoms with Gasteiger partial charge in [-0.1, -0.05) is 48.5 Å². The zero-order valence-electron chi connectivity index (χ0n) is 15.5. The van der Waals surface area contributed by atoms with Gasteiger partial charge in [-0.2, -0.15) is 0 Å². The first-order valence-electron chi connectivity index (χ1n) is 8.65. The van der Waals surface area contributed by atoms with Crippen molar-refractivity contribution >= 4 is 26.8 Å². The first kappa shape index (κ1) is 19.6. The zero-order chi connectivity index (χ0) is 20.1. The molecule has 6 nitrogen and oxygen atoms in total. The number of ether oxygens (including phenoxy) is 1. The molecule has 0 aliphatic rings. The maximum atomic E-state index is 13.3. The second kappa shape index (κ2) is 8.22. The Labute approximate surface area is 163 Å². The highest BCUT2D eigenvalue weighted by molar-refractivity contribution is 8.00. The van der Waals surface area contributed by atoms with Crippen molar-refractivity contribution in [1.29, 1.82) is 0 Å². The van der Waals surface area contributed by atoms with Crippen LogP contribution in [0.3, 0.4) is 0 Å². The maximum absolute atomic E-state index is 13.3. The van der Waals surface area contributed by atoms with Crippen molar-refractivity contribution in [2.45, 2.75) is 18.7 Å². The number of sulfone groups is 1. The first-order valence-corrected chi connectivity index (χ1v) is 10.1. The van der Waals surface area contributed by atoms with Gasteiger partial charge in [0.25, 0.3) is 0 Å². The molecule has 0 N–H and O–H groups in total. The van der Waals surface area contributed by atoms with Gasteiger partial charge in [0.2, 0.25) is 15.7 Å². The molecule has 0 amide bonds. The van der Waals surface area contributed by atoms with Crippen molar-refractivity contribution in [2.75, 3.05) is 6.61 Å². The third-order valence-electron chi connectivity index (χ3n) is 3.92. The summed E-state index contributed by atoms with van der Waals surface area (Å²) in [5, 5.41) is 0. The summed E-state index contributed by atoms with van der Waals surface area (Å²) in [7, 11) is -3.94. The Hall–Kier alpha value is -3.19. The van der Waals surface area contributed by atoms with Gasteiger partial charge in [-0.25, -0.2) is 18.2 Å². The Morgan fingerprint density at radius 1 is 1.07 bits per heavy atom. The number of hydrogen-bond acceptors (Lipinski definition) is 6. The smallest absolute Gasteiger partial charge is 0.360 e. The molecule has 1 heterocycles. The minimum absolute atomic E-state index is 0.0425. The maximum Gasteiger partial charge on any atom is 0.360 e. The van der Waals surface area contributed by atoms with E-state index in [2.05, 4.69) is 4.98 Å². The number of benzene rings is 2. The normalized spacial score (nSPS) is 12.0. The number of carbonyl (C=O) groups is 1. The van der Waals surface area contributed by atoms with Crippen LogP contribution in [0.1, 0.15) is 34.6 Å². The molecule has 0 bridgehead atoms. The van der Waals surface area contributed by atoms with E-state index in [0.717, 1.165) is 0 Å². The number of nitrogens with zero attached hydrogens (tertiary/aromatic N) is 1. The summed E-state index contributed by atoms with van der Waals surface area (Å²) in [4.78, 5) is 16.2. The van der Waals surface area contributed by atoms with Crippen LogP contribution in [0.2, 0.25) is 0 Å². The second-order valence-electron chi connectivity index (χ2n) is 5.88. The summed E-state index contributed by atoms with van der Waals surface area (Å²) in [6.07, 6.45) is 1.47. The third kappa shape index (κ3) is 4.04. The SMILES string of the molecule is CCOC(=O)c1nc(/C(=C\c2ccccc2)S(=O)(=O)c2ccccc2)oc1C. The zero-order valence-corrected chi connectivity index (χ0v) is 16.3. The molecule has 2 aromatic carbocycles. The molecule has 0 unspecified atom stereocenters. The second-order valence-corrected chi connectivity index (χ2v) is 7.80. The van der Waals surface area contributed by atoms with Crippen LogP contribution in [0.15, 0.2) is 70.0 Å². The monoisotopic (exact) mass is 397 g/mol. The molecular weight excluding hydrogens is 378 g/mol. The minimum atomic E-state index is -3.94. The molecular formula is C21H19NO5S. The molecule has 0 saturated carbocycles. The molecule has 3 rings (SSSR count). The molecule has 28 heavy (non-hydrogen) atoms. The summed E-state index contributed by atoms with van der Waals surface area (Å²) in [5.41, 5.74) is 0.615. The standard InChI is InChI=1S/C21H19NO5S/c1-3-26-21(23)19-15(2)27-20(22-19)18(14-16-10-6-4-7-11-16)28(24,25)17-12-8-5-9-13-17/h4-14H,3H2,1-2H3/b18-14+.